The Morgan fingerprint density at radius 3 is 2.78 bits per heavy atom. The van der Waals surface area contributed by atoms with Gasteiger partial charge in [-0.05, 0) is 61.3 Å². The van der Waals surface area contributed by atoms with Gasteiger partial charge in [0.15, 0.2) is 0 Å². The number of allylic oxidation sites excluding steroid dienone is 1. The molecule has 2 amide bonds. The first kappa shape index (κ1) is 19.2. The summed E-state index contributed by atoms with van der Waals surface area (Å²) in [5, 5.41) is 16.5. The molecule has 2 aromatic rings. The molecule has 27 heavy (non-hydrogen) atoms. The molecule has 6 heteroatoms. The van der Waals surface area contributed by atoms with Gasteiger partial charge in [-0.25, -0.2) is 0 Å². The minimum Gasteiger partial charge on any atom is -0.387 e. The Labute approximate surface area is 159 Å². The standard InChI is InChI=1S/C21H27N3O3/c1-24-12-10-16-13-17(7-8-18(16)24)19(25)14-23-21(27)20(26)22-11-9-15-5-3-2-4-6-15/h5,7-8,10,12-13,19,25H,2-4,6,9,11,14H2,1H3,(H,22,26)(H,23,27). The smallest absolute Gasteiger partial charge is 0.309 e. The van der Waals surface area contributed by atoms with Gasteiger partial charge in [-0.1, -0.05) is 17.7 Å². The number of nitrogens with one attached hydrogen (secondary N) is 2. The minimum atomic E-state index is -0.862. The van der Waals surface area contributed by atoms with Crippen LogP contribution in [0.2, 0.25) is 0 Å². The van der Waals surface area contributed by atoms with Crippen LogP contribution < -0.4 is 10.6 Å². The second kappa shape index (κ2) is 8.86. The Morgan fingerprint density at radius 1 is 1.19 bits per heavy atom. The number of carbonyl (C=O) groups excluding carboxylic acids is 2. The van der Waals surface area contributed by atoms with E-state index in [1.165, 1.54) is 18.4 Å². The zero-order valence-corrected chi connectivity index (χ0v) is 15.7. The van der Waals surface area contributed by atoms with Crippen LogP contribution in [-0.4, -0.2) is 34.6 Å². The summed E-state index contributed by atoms with van der Waals surface area (Å²) in [5.41, 5.74) is 3.13. The molecule has 1 aromatic heterocycles. The van der Waals surface area contributed by atoms with E-state index in [1.54, 1.807) is 0 Å². The summed E-state index contributed by atoms with van der Waals surface area (Å²) in [5.74, 6) is -1.37. The van der Waals surface area contributed by atoms with Crippen molar-refractivity contribution in [2.75, 3.05) is 13.1 Å². The van der Waals surface area contributed by atoms with Gasteiger partial charge in [0.25, 0.3) is 0 Å². The predicted octanol–water partition coefficient (Wildman–Crippen LogP) is 2.33. The summed E-state index contributed by atoms with van der Waals surface area (Å²) in [6, 6.07) is 7.63. The van der Waals surface area contributed by atoms with Crippen molar-refractivity contribution in [1.29, 1.82) is 0 Å². The lowest BCUT2D eigenvalue weighted by atomic mass is 9.97. The van der Waals surface area contributed by atoms with Crippen LogP contribution in [0.4, 0.5) is 0 Å². The number of hydrogen-bond donors (Lipinski definition) is 3. The van der Waals surface area contributed by atoms with Gasteiger partial charge in [0.05, 0.1) is 6.10 Å². The third kappa shape index (κ3) is 4.98. The number of aliphatic hydroxyl groups excluding tert-OH is 1. The molecule has 0 spiro atoms. The van der Waals surface area contributed by atoms with Crippen molar-refractivity contribution in [3.05, 3.63) is 47.7 Å². The molecule has 0 radical (unpaired) electrons. The highest BCUT2D eigenvalue weighted by atomic mass is 16.3. The van der Waals surface area contributed by atoms with Crippen molar-refractivity contribution < 1.29 is 14.7 Å². The van der Waals surface area contributed by atoms with E-state index in [0.717, 1.165) is 30.2 Å². The number of aromatic nitrogens is 1. The minimum absolute atomic E-state index is 0.00422. The van der Waals surface area contributed by atoms with E-state index in [4.69, 9.17) is 0 Å². The molecule has 3 rings (SSSR count). The molecule has 3 N–H and O–H groups in total. The van der Waals surface area contributed by atoms with E-state index >= 15 is 0 Å². The Bertz CT molecular complexity index is 853. The molecule has 6 nitrogen and oxygen atoms in total. The number of rotatable bonds is 6. The summed E-state index contributed by atoms with van der Waals surface area (Å²) >= 11 is 0. The van der Waals surface area contributed by atoms with Gasteiger partial charge in [0, 0.05) is 31.9 Å². The van der Waals surface area contributed by atoms with Crippen LogP contribution in [0.15, 0.2) is 42.1 Å². The number of hydrogen-bond acceptors (Lipinski definition) is 3. The number of aryl methyl sites for hydroxylation is 1. The van der Waals surface area contributed by atoms with Crippen molar-refractivity contribution in [2.24, 2.45) is 7.05 Å². The molecule has 0 fully saturated rings. The zero-order valence-electron chi connectivity index (χ0n) is 15.7. The van der Waals surface area contributed by atoms with Gasteiger partial charge in [-0.15, -0.1) is 0 Å². The molecule has 0 saturated heterocycles. The Morgan fingerprint density at radius 2 is 2.00 bits per heavy atom. The van der Waals surface area contributed by atoms with Crippen molar-refractivity contribution in [2.45, 2.75) is 38.2 Å². The van der Waals surface area contributed by atoms with Gasteiger partial charge < -0.3 is 20.3 Å². The molecule has 0 bridgehead atoms. The van der Waals surface area contributed by atoms with Crippen LogP contribution in [0.5, 0.6) is 0 Å². The highest BCUT2D eigenvalue weighted by Crippen LogP contribution is 2.21. The summed E-state index contributed by atoms with van der Waals surface area (Å²) in [4.78, 5) is 23.8. The number of benzene rings is 1. The summed E-state index contributed by atoms with van der Waals surface area (Å²) < 4.78 is 2.00. The quantitative estimate of drug-likeness (QED) is 0.540. The monoisotopic (exact) mass is 369 g/mol. The fourth-order valence-corrected chi connectivity index (χ4v) is 3.44. The van der Waals surface area contributed by atoms with E-state index in [1.807, 2.05) is 42.1 Å². The van der Waals surface area contributed by atoms with Crippen molar-refractivity contribution in [1.82, 2.24) is 15.2 Å². The number of amides is 2. The third-order valence-electron chi connectivity index (χ3n) is 5.07. The van der Waals surface area contributed by atoms with E-state index in [0.29, 0.717) is 12.1 Å². The zero-order chi connectivity index (χ0) is 19.2. The average Bonchev–Trinajstić information content (AvgIpc) is 3.06. The van der Waals surface area contributed by atoms with Crippen LogP contribution in [0, 0.1) is 0 Å². The largest absolute Gasteiger partial charge is 0.387 e. The van der Waals surface area contributed by atoms with Gasteiger partial charge in [0.1, 0.15) is 0 Å². The predicted molar refractivity (Wildman–Crippen MR) is 105 cm³/mol. The van der Waals surface area contributed by atoms with Gasteiger partial charge >= 0.3 is 11.8 Å². The Kier molecular flexibility index (Phi) is 6.29. The first-order chi connectivity index (χ1) is 13.0. The molecule has 1 atom stereocenters. The number of aliphatic hydroxyl groups is 1. The first-order valence-corrected chi connectivity index (χ1v) is 9.51. The second-order valence-electron chi connectivity index (χ2n) is 7.08. The molecule has 144 valence electrons. The van der Waals surface area contributed by atoms with Crippen molar-refractivity contribution in [3.8, 4) is 0 Å². The highest BCUT2D eigenvalue weighted by Gasteiger charge is 2.16. The molecule has 1 aliphatic carbocycles. The Balaban J connectivity index is 1.44. The molecule has 0 saturated carbocycles. The van der Waals surface area contributed by atoms with E-state index in [9.17, 15) is 14.7 Å². The summed E-state index contributed by atoms with van der Waals surface area (Å²) in [6.07, 6.45) is 8.74. The fourth-order valence-electron chi connectivity index (χ4n) is 3.44. The second-order valence-corrected chi connectivity index (χ2v) is 7.08. The van der Waals surface area contributed by atoms with Crippen LogP contribution in [0.3, 0.4) is 0 Å². The number of nitrogens with zero attached hydrogens (tertiary/aromatic N) is 1. The van der Waals surface area contributed by atoms with Gasteiger partial charge in [0.2, 0.25) is 0 Å². The average molecular weight is 369 g/mol. The maximum absolute atomic E-state index is 11.9. The van der Waals surface area contributed by atoms with E-state index in [-0.39, 0.29) is 6.54 Å². The summed E-state index contributed by atoms with van der Waals surface area (Å²) in [6.45, 7) is 0.459. The molecule has 1 aliphatic rings. The third-order valence-corrected chi connectivity index (χ3v) is 5.07. The number of fused-ring (bicyclic) bond motifs is 1. The van der Waals surface area contributed by atoms with Crippen molar-refractivity contribution >= 4 is 22.7 Å². The van der Waals surface area contributed by atoms with Crippen LogP contribution in [-0.2, 0) is 16.6 Å². The van der Waals surface area contributed by atoms with E-state index < -0.39 is 17.9 Å². The molecular formula is C21H27N3O3. The Hall–Kier alpha value is -2.60. The maximum Gasteiger partial charge on any atom is 0.309 e. The lowest BCUT2D eigenvalue weighted by molar-refractivity contribution is -0.139. The molecule has 0 aliphatic heterocycles. The van der Waals surface area contributed by atoms with Crippen LogP contribution in [0.1, 0.15) is 43.8 Å². The molecular weight excluding hydrogens is 342 g/mol. The fraction of sp³-hybridized carbons (Fsp3) is 0.429. The maximum atomic E-state index is 11.9. The SMILES string of the molecule is Cn1ccc2cc(C(O)CNC(=O)C(=O)NCCC3=CCCCC3)ccc21. The molecule has 1 heterocycles. The molecule has 1 unspecified atom stereocenters. The van der Waals surface area contributed by atoms with Crippen LogP contribution >= 0.6 is 0 Å². The summed E-state index contributed by atoms with van der Waals surface area (Å²) in [7, 11) is 1.96. The highest BCUT2D eigenvalue weighted by molar-refractivity contribution is 6.35. The van der Waals surface area contributed by atoms with Crippen LogP contribution in [0.25, 0.3) is 10.9 Å². The van der Waals surface area contributed by atoms with Gasteiger partial charge in [-0.3, -0.25) is 9.59 Å². The lowest BCUT2D eigenvalue weighted by Crippen LogP contribution is -2.41. The molecule has 1 aromatic carbocycles. The van der Waals surface area contributed by atoms with E-state index in [2.05, 4.69) is 16.7 Å². The number of carbonyl (C=O) groups is 2. The van der Waals surface area contributed by atoms with Gasteiger partial charge in [-0.2, -0.15) is 0 Å². The topological polar surface area (TPSA) is 83.4 Å². The first-order valence-electron chi connectivity index (χ1n) is 9.51. The van der Waals surface area contributed by atoms with Crippen molar-refractivity contribution in [3.63, 3.8) is 0 Å². The normalized spacial score (nSPS) is 15.3. The lowest BCUT2D eigenvalue weighted by Gasteiger charge is -2.14.